The summed E-state index contributed by atoms with van der Waals surface area (Å²) in [7, 11) is 0. The summed E-state index contributed by atoms with van der Waals surface area (Å²) in [6.45, 7) is 8.19. The summed E-state index contributed by atoms with van der Waals surface area (Å²) in [4.78, 5) is 5.48. The van der Waals surface area contributed by atoms with Gasteiger partial charge in [-0.05, 0) is 38.8 Å². The van der Waals surface area contributed by atoms with Gasteiger partial charge >= 0.3 is 0 Å². The monoisotopic (exact) mass is 179 g/mol. The minimum atomic E-state index is 0.332. The van der Waals surface area contributed by atoms with E-state index in [2.05, 4.69) is 5.48 Å². The molecule has 0 aliphatic carbocycles. The van der Waals surface area contributed by atoms with Gasteiger partial charge in [0.05, 0.1) is 0 Å². The van der Waals surface area contributed by atoms with E-state index >= 15 is 0 Å². The lowest BCUT2D eigenvalue weighted by Gasteiger charge is -2.13. The molecule has 0 aliphatic rings. The van der Waals surface area contributed by atoms with Crippen LogP contribution in [0.1, 0.15) is 25.0 Å². The first-order chi connectivity index (χ1) is 6.11. The van der Waals surface area contributed by atoms with Crippen molar-refractivity contribution in [1.82, 2.24) is 5.48 Å². The molecule has 0 aliphatic heterocycles. The smallest absolute Gasteiger partial charge is 0.152 e. The van der Waals surface area contributed by atoms with E-state index in [1.54, 1.807) is 0 Å². The summed E-state index contributed by atoms with van der Waals surface area (Å²) in [5.74, 6) is 0.941. The molecular weight excluding hydrogens is 162 g/mol. The highest BCUT2D eigenvalue weighted by molar-refractivity contribution is 5.39. The van der Waals surface area contributed by atoms with Crippen LogP contribution in [-0.4, -0.2) is 6.04 Å². The number of hydrogen-bond donors (Lipinski definition) is 1. The van der Waals surface area contributed by atoms with E-state index in [0.29, 0.717) is 6.04 Å². The van der Waals surface area contributed by atoms with Crippen LogP contribution in [0.5, 0.6) is 5.75 Å². The quantitative estimate of drug-likeness (QED) is 0.720. The molecule has 0 amide bonds. The van der Waals surface area contributed by atoms with E-state index in [0.717, 1.165) is 16.9 Å². The highest BCUT2D eigenvalue weighted by atomic mass is 16.6. The minimum Gasteiger partial charge on any atom is -0.408 e. The van der Waals surface area contributed by atoms with Gasteiger partial charge in [-0.3, -0.25) is 0 Å². The molecule has 1 aromatic rings. The molecule has 0 saturated carbocycles. The predicted octanol–water partition coefficient (Wildman–Crippen LogP) is 2.60. The normalized spacial score (nSPS) is 10.5. The van der Waals surface area contributed by atoms with Crippen LogP contribution in [-0.2, 0) is 0 Å². The van der Waals surface area contributed by atoms with Crippen molar-refractivity contribution in [1.29, 1.82) is 0 Å². The van der Waals surface area contributed by atoms with Crippen LogP contribution >= 0.6 is 0 Å². The molecule has 2 heteroatoms. The summed E-state index contributed by atoms with van der Waals surface area (Å²) in [5, 5.41) is 0. The maximum Gasteiger partial charge on any atom is 0.152 e. The van der Waals surface area contributed by atoms with Crippen molar-refractivity contribution < 1.29 is 4.84 Å². The van der Waals surface area contributed by atoms with Gasteiger partial charge in [-0.2, -0.15) is 5.48 Å². The Balaban J connectivity index is 2.75. The van der Waals surface area contributed by atoms with Crippen LogP contribution in [0.2, 0.25) is 0 Å². The average molecular weight is 179 g/mol. The highest BCUT2D eigenvalue weighted by Crippen LogP contribution is 2.21. The zero-order chi connectivity index (χ0) is 9.84. The average Bonchev–Trinajstić information content (AvgIpc) is 2.03. The molecule has 13 heavy (non-hydrogen) atoms. The fourth-order valence-corrected chi connectivity index (χ4v) is 1.14. The van der Waals surface area contributed by atoms with Crippen molar-refractivity contribution in [2.75, 3.05) is 0 Å². The lowest BCUT2D eigenvalue weighted by atomic mass is 10.1. The molecule has 0 aromatic heterocycles. The molecule has 0 saturated heterocycles. The first-order valence-corrected chi connectivity index (χ1v) is 4.60. The number of rotatable bonds is 3. The second-order valence-corrected chi connectivity index (χ2v) is 3.60. The minimum absolute atomic E-state index is 0.332. The number of nitrogens with one attached hydrogen (secondary N) is 1. The molecule has 1 N–H and O–H groups in total. The molecule has 2 nitrogen and oxygen atoms in total. The topological polar surface area (TPSA) is 21.3 Å². The van der Waals surface area contributed by atoms with Crippen LogP contribution in [0.4, 0.5) is 0 Å². The maximum absolute atomic E-state index is 5.48. The third-order valence-corrected chi connectivity index (χ3v) is 1.81. The molecule has 0 fully saturated rings. The van der Waals surface area contributed by atoms with E-state index in [-0.39, 0.29) is 0 Å². The van der Waals surface area contributed by atoms with Crippen LogP contribution < -0.4 is 10.3 Å². The second-order valence-electron chi connectivity index (χ2n) is 3.60. The van der Waals surface area contributed by atoms with Gasteiger partial charge < -0.3 is 4.84 Å². The van der Waals surface area contributed by atoms with Crippen LogP contribution in [0.25, 0.3) is 0 Å². The number of benzene rings is 1. The van der Waals surface area contributed by atoms with Crippen molar-refractivity contribution in [3.8, 4) is 5.75 Å². The van der Waals surface area contributed by atoms with Crippen molar-refractivity contribution in [3.63, 3.8) is 0 Å². The van der Waals surface area contributed by atoms with Gasteiger partial charge in [-0.1, -0.05) is 18.2 Å². The van der Waals surface area contributed by atoms with E-state index in [1.807, 2.05) is 45.9 Å². The predicted molar refractivity (Wildman–Crippen MR) is 54.8 cm³/mol. The molecule has 0 radical (unpaired) electrons. The third kappa shape index (κ3) is 2.74. The first-order valence-electron chi connectivity index (χ1n) is 4.60. The Morgan fingerprint density at radius 3 is 2.15 bits per heavy atom. The number of para-hydroxylation sites is 1. The van der Waals surface area contributed by atoms with Crippen LogP contribution in [0.15, 0.2) is 18.2 Å². The lowest BCUT2D eigenvalue weighted by Crippen LogP contribution is -2.27. The molecule has 0 atom stereocenters. The Bertz CT molecular complexity index is 261. The summed E-state index contributed by atoms with van der Waals surface area (Å²) in [5.41, 5.74) is 5.26. The van der Waals surface area contributed by atoms with Gasteiger partial charge in [0.25, 0.3) is 0 Å². The van der Waals surface area contributed by atoms with E-state index in [9.17, 15) is 0 Å². The van der Waals surface area contributed by atoms with Crippen molar-refractivity contribution in [2.45, 2.75) is 33.7 Å². The fraction of sp³-hybridized carbons (Fsp3) is 0.455. The van der Waals surface area contributed by atoms with Crippen molar-refractivity contribution in [2.24, 2.45) is 0 Å². The Labute approximate surface area is 79.9 Å². The van der Waals surface area contributed by atoms with Gasteiger partial charge in [-0.15, -0.1) is 0 Å². The van der Waals surface area contributed by atoms with Crippen LogP contribution in [0.3, 0.4) is 0 Å². The fourth-order valence-electron chi connectivity index (χ4n) is 1.14. The molecule has 0 heterocycles. The molecule has 1 aromatic carbocycles. The number of hydrogen-bond acceptors (Lipinski definition) is 2. The Hall–Kier alpha value is -1.02. The zero-order valence-corrected chi connectivity index (χ0v) is 8.72. The third-order valence-electron chi connectivity index (χ3n) is 1.81. The SMILES string of the molecule is Cc1cccc(C)c1ONC(C)C. The first kappa shape index (κ1) is 10.1. The summed E-state index contributed by atoms with van der Waals surface area (Å²) in [6, 6.07) is 6.46. The van der Waals surface area contributed by atoms with Crippen LogP contribution in [0, 0.1) is 13.8 Å². The van der Waals surface area contributed by atoms with E-state index in [4.69, 9.17) is 4.84 Å². The lowest BCUT2D eigenvalue weighted by molar-refractivity contribution is 0.166. The molecule has 0 spiro atoms. The largest absolute Gasteiger partial charge is 0.408 e. The Morgan fingerprint density at radius 1 is 1.15 bits per heavy atom. The highest BCUT2D eigenvalue weighted by Gasteiger charge is 2.03. The standard InChI is InChI=1S/C11H17NO/c1-8(2)12-13-11-9(3)6-5-7-10(11)4/h5-8,12H,1-4H3. The molecule has 0 bridgehead atoms. The Morgan fingerprint density at radius 2 is 1.69 bits per heavy atom. The zero-order valence-electron chi connectivity index (χ0n) is 8.72. The van der Waals surface area contributed by atoms with Gasteiger partial charge in [0.2, 0.25) is 0 Å². The molecule has 0 unspecified atom stereocenters. The molecule has 72 valence electrons. The van der Waals surface area contributed by atoms with Gasteiger partial charge in [0.15, 0.2) is 5.75 Å². The van der Waals surface area contributed by atoms with E-state index < -0.39 is 0 Å². The molecular formula is C11H17NO. The summed E-state index contributed by atoms with van der Waals surface area (Å²) < 4.78 is 0. The van der Waals surface area contributed by atoms with E-state index in [1.165, 1.54) is 0 Å². The number of hydroxylamine groups is 1. The summed E-state index contributed by atoms with van der Waals surface area (Å²) >= 11 is 0. The van der Waals surface area contributed by atoms with Gasteiger partial charge in [-0.25, -0.2) is 0 Å². The summed E-state index contributed by atoms with van der Waals surface area (Å²) in [6.07, 6.45) is 0. The van der Waals surface area contributed by atoms with Gasteiger partial charge in [0.1, 0.15) is 0 Å². The van der Waals surface area contributed by atoms with Gasteiger partial charge in [0, 0.05) is 6.04 Å². The Kier molecular flexibility index (Phi) is 3.32. The molecule has 1 rings (SSSR count). The van der Waals surface area contributed by atoms with Crippen molar-refractivity contribution in [3.05, 3.63) is 29.3 Å². The van der Waals surface area contributed by atoms with Crippen molar-refractivity contribution >= 4 is 0 Å². The maximum atomic E-state index is 5.48. The number of aryl methyl sites for hydroxylation is 2. The second kappa shape index (κ2) is 4.28.